The molecule has 5 heteroatoms. The van der Waals surface area contributed by atoms with Gasteiger partial charge in [-0.25, -0.2) is 4.79 Å². The molecule has 2 rings (SSSR count). The second-order valence-electron chi connectivity index (χ2n) is 4.56. The van der Waals surface area contributed by atoms with Crippen molar-refractivity contribution in [2.45, 2.75) is 6.54 Å². The minimum atomic E-state index is -1.01. The van der Waals surface area contributed by atoms with Crippen LogP contribution in [0.15, 0.2) is 46.9 Å². The molecule has 0 aromatic heterocycles. The van der Waals surface area contributed by atoms with E-state index in [1.165, 1.54) is 6.07 Å². The lowest BCUT2D eigenvalue weighted by Crippen LogP contribution is -2.17. The SMILES string of the molecule is CN(Cc1cccc(Br)c1)c1ccc(C(=O)O)c(N)c1. The van der Waals surface area contributed by atoms with Crippen LogP contribution in [-0.4, -0.2) is 18.1 Å². The van der Waals surface area contributed by atoms with Gasteiger partial charge in [-0.3, -0.25) is 0 Å². The van der Waals surface area contributed by atoms with E-state index >= 15 is 0 Å². The summed E-state index contributed by atoms with van der Waals surface area (Å²) in [6, 6.07) is 13.0. The Morgan fingerprint density at radius 2 is 2.05 bits per heavy atom. The predicted molar refractivity (Wildman–Crippen MR) is 84.1 cm³/mol. The first kappa shape index (κ1) is 14.4. The molecular weight excluding hydrogens is 320 g/mol. The number of carboxylic acids is 1. The molecule has 0 fully saturated rings. The number of anilines is 2. The number of hydrogen-bond donors (Lipinski definition) is 2. The van der Waals surface area contributed by atoms with Crippen molar-refractivity contribution in [2.24, 2.45) is 0 Å². The highest BCUT2D eigenvalue weighted by atomic mass is 79.9. The molecule has 104 valence electrons. The minimum Gasteiger partial charge on any atom is -0.478 e. The molecule has 0 aliphatic carbocycles. The average Bonchev–Trinajstić information content (AvgIpc) is 2.38. The minimum absolute atomic E-state index is 0.129. The first-order chi connectivity index (χ1) is 9.47. The molecule has 2 aromatic carbocycles. The Balaban J connectivity index is 2.19. The molecular formula is C15H15BrN2O2. The van der Waals surface area contributed by atoms with Crippen LogP contribution in [0.1, 0.15) is 15.9 Å². The number of hydrogen-bond acceptors (Lipinski definition) is 3. The van der Waals surface area contributed by atoms with Crippen LogP contribution in [0.2, 0.25) is 0 Å². The first-order valence-electron chi connectivity index (χ1n) is 6.06. The van der Waals surface area contributed by atoms with Gasteiger partial charge in [0.2, 0.25) is 0 Å². The van der Waals surface area contributed by atoms with Crippen LogP contribution in [0.3, 0.4) is 0 Å². The van der Waals surface area contributed by atoms with E-state index in [2.05, 4.69) is 15.9 Å². The van der Waals surface area contributed by atoms with Crippen LogP contribution in [0.4, 0.5) is 11.4 Å². The summed E-state index contributed by atoms with van der Waals surface area (Å²) in [6.07, 6.45) is 0. The smallest absolute Gasteiger partial charge is 0.337 e. The molecule has 0 amide bonds. The number of halogens is 1. The van der Waals surface area contributed by atoms with E-state index in [9.17, 15) is 4.79 Å². The number of carbonyl (C=O) groups is 1. The Labute approximate surface area is 126 Å². The highest BCUT2D eigenvalue weighted by Gasteiger charge is 2.10. The van der Waals surface area contributed by atoms with Crippen molar-refractivity contribution < 1.29 is 9.90 Å². The number of aromatic carboxylic acids is 1. The zero-order valence-electron chi connectivity index (χ0n) is 11.0. The van der Waals surface area contributed by atoms with Gasteiger partial charge in [0, 0.05) is 29.4 Å². The Morgan fingerprint density at radius 1 is 1.30 bits per heavy atom. The molecule has 0 saturated heterocycles. The number of carboxylic acid groups (broad SMARTS) is 1. The van der Waals surface area contributed by atoms with E-state index in [0.29, 0.717) is 6.54 Å². The molecule has 0 saturated carbocycles. The molecule has 4 nitrogen and oxygen atoms in total. The first-order valence-corrected chi connectivity index (χ1v) is 6.85. The molecule has 2 aromatic rings. The second kappa shape index (κ2) is 5.96. The van der Waals surface area contributed by atoms with Crippen molar-refractivity contribution in [3.05, 3.63) is 58.1 Å². The van der Waals surface area contributed by atoms with E-state index < -0.39 is 5.97 Å². The lowest BCUT2D eigenvalue weighted by Gasteiger charge is -2.20. The standard InChI is InChI=1S/C15H15BrN2O2/c1-18(9-10-3-2-4-11(16)7-10)12-5-6-13(15(19)20)14(17)8-12/h2-8H,9,17H2,1H3,(H,19,20). The number of nitrogen functional groups attached to an aromatic ring is 1. The van der Waals surface area contributed by atoms with Crippen LogP contribution in [0.5, 0.6) is 0 Å². The molecule has 3 N–H and O–H groups in total. The Bertz CT molecular complexity index is 644. The summed E-state index contributed by atoms with van der Waals surface area (Å²) >= 11 is 3.44. The fourth-order valence-corrected chi connectivity index (χ4v) is 2.43. The second-order valence-corrected chi connectivity index (χ2v) is 5.48. The van der Waals surface area contributed by atoms with Gasteiger partial charge in [0.15, 0.2) is 0 Å². The Kier molecular flexibility index (Phi) is 4.29. The largest absolute Gasteiger partial charge is 0.478 e. The molecule has 0 unspecified atom stereocenters. The van der Waals surface area contributed by atoms with Crippen LogP contribution < -0.4 is 10.6 Å². The molecule has 20 heavy (non-hydrogen) atoms. The zero-order chi connectivity index (χ0) is 14.7. The molecule has 0 bridgehead atoms. The maximum atomic E-state index is 10.9. The monoisotopic (exact) mass is 334 g/mol. The van der Waals surface area contributed by atoms with Gasteiger partial charge in [-0.15, -0.1) is 0 Å². The van der Waals surface area contributed by atoms with Crippen molar-refractivity contribution in [1.29, 1.82) is 0 Å². The molecule has 0 heterocycles. The molecule has 0 aliphatic rings. The van der Waals surface area contributed by atoms with Crippen LogP contribution in [0.25, 0.3) is 0 Å². The van der Waals surface area contributed by atoms with Crippen LogP contribution in [-0.2, 0) is 6.54 Å². The average molecular weight is 335 g/mol. The van der Waals surface area contributed by atoms with Crippen molar-refractivity contribution in [3.63, 3.8) is 0 Å². The third kappa shape index (κ3) is 3.30. The van der Waals surface area contributed by atoms with Crippen molar-refractivity contribution >= 4 is 33.3 Å². The van der Waals surface area contributed by atoms with E-state index in [1.54, 1.807) is 12.1 Å². The lowest BCUT2D eigenvalue weighted by molar-refractivity contribution is 0.0698. The van der Waals surface area contributed by atoms with Gasteiger partial charge in [-0.1, -0.05) is 28.1 Å². The van der Waals surface area contributed by atoms with Crippen molar-refractivity contribution in [1.82, 2.24) is 0 Å². The summed E-state index contributed by atoms with van der Waals surface area (Å²) < 4.78 is 1.03. The lowest BCUT2D eigenvalue weighted by atomic mass is 10.1. The van der Waals surface area contributed by atoms with Crippen molar-refractivity contribution in [3.8, 4) is 0 Å². The fraction of sp³-hybridized carbons (Fsp3) is 0.133. The third-order valence-electron chi connectivity index (χ3n) is 3.02. The third-order valence-corrected chi connectivity index (χ3v) is 3.51. The van der Waals surface area contributed by atoms with Gasteiger partial charge in [0.25, 0.3) is 0 Å². The molecule has 0 atom stereocenters. The van der Waals surface area contributed by atoms with Crippen molar-refractivity contribution in [2.75, 3.05) is 17.7 Å². The molecule has 0 radical (unpaired) electrons. The molecule has 0 aliphatic heterocycles. The number of rotatable bonds is 4. The highest BCUT2D eigenvalue weighted by molar-refractivity contribution is 9.10. The quantitative estimate of drug-likeness (QED) is 0.841. The van der Waals surface area contributed by atoms with Crippen LogP contribution in [0, 0.1) is 0 Å². The van der Waals surface area contributed by atoms with Gasteiger partial charge in [0.05, 0.1) is 5.56 Å². The van der Waals surface area contributed by atoms with E-state index in [1.807, 2.05) is 36.2 Å². The van der Waals surface area contributed by atoms with E-state index in [4.69, 9.17) is 10.8 Å². The van der Waals surface area contributed by atoms with Gasteiger partial charge >= 0.3 is 5.97 Å². The van der Waals surface area contributed by atoms with E-state index in [-0.39, 0.29) is 11.3 Å². The fourth-order valence-electron chi connectivity index (χ4n) is 1.98. The number of nitrogens with two attached hydrogens (primary N) is 1. The molecule has 0 spiro atoms. The number of nitrogens with zero attached hydrogens (tertiary/aromatic N) is 1. The maximum absolute atomic E-state index is 10.9. The summed E-state index contributed by atoms with van der Waals surface area (Å²) in [4.78, 5) is 13.0. The van der Waals surface area contributed by atoms with Gasteiger partial charge in [-0.05, 0) is 35.9 Å². The highest BCUT2D eigenvalue weighted by Crippen LogP contribution is 2.22. The van der Waals surface area contributed by atoms with Gasteiger partial charge in [-0.2, -0.15) is 0 Å². The summed E-state index contributed by atoms with van der Waals surface area (Å²) in [6.45, 7) is 0.714. The Morgan fingerprint density at radius 3 is 2.65 bits per heavy atom. The van der Waals surface area contributed by atoms with Crippen LogP contribution >= 0.6 is 15.9 Å². The van der Waals surface area contributed by atoms with Gasteiger partial charge in [0.1, 0.15) is 0 Å². The zero-order valence-corrected chi connectivity index (χ0v) is 12.6. The topological polar surface area (TPSA) is 66.6 Å². The summed E-state index contributed by atoms with van der Waals surface area (Å²) in [5.74, 6) is -1.01. The number of benzene rings is 2. The summed E-state index contributed by atoms with van der Waals surface area (Å²) in [7, 11) is 1.94. The van der Waals surface area contributed by atoms with E-state index in [0.717, 1.165) is 15.7 Å². The summed E-state index contributed by atoms with van der Waals surface area (Å²) in [5.41, 5.74) is 8.20. The Hall–Kier alpha value is -2.01. The van der Waals surface area contributed by atoms with Gasteiger partial charge < -0.3 is 15.7 Å². The maximum Gasteiger partial charge on any atom is 0.337 e. The normalized spacial score (nSPS) is 10.3. The summed E-state index contributed by atoms with van der Waals surface area (Å²) in [5, 5.41) is 8.96. The predicted octanol–water partition coefficient (Wildman–Crippen LogP) is 3.37.